The zero-order valence-electron chi connectivity index (χ0n) is 18.1. The molecule has 1 heterocycles. The summed E-state index contributed by atoms with van der Waals surface area (Å²) < 4.78 is 35.3. The lowest BCUT2D eigenvalue weighted by Gasteiger charge is -2.15. The van der Waals surface area contributed by atoms with E-state index in [0.717, 1.165) is 0 Å². The minimum atomic E-state index is -0.573. The number of ether oxygens (including phenoxy) is 3. The fraction of sp³-hybridized carbons (Fsp3) is 0.120. The van der Waals surface area contributed by atoms with Crippen LogP contribution in [0.15, 0.2) is 69.9 Å². The van der Waals surface area contributed by atoms with Crippen molar-refractivity contribution in [3.8, 4) is 28.4 Å². The van der Waals surface area contributed by atoms with E-state index in [1.165, 1.54) is 57.7 Å². The summed E-state index contributed by atoms with van der Waals surface area (Å²) in [5.41, 5.74) is 0.633. The standard InChI is InChI=1S/C25H20FNO6/c1-30-19-12-15(13-20(31-2)23(19)32-3)24(29)27-25-21(14-8-10-16(26)11-9-14)22(28)17-6-4-5-7-18(17)33-25/h4-13H,1-3H3,(H,27,29). The smallest absolute Gasteiger partial charge is 0.258 e. The summed E-state index contributed by atoms with van der Waals surface area (Å²) in [6, 6.07) is 15.0. The monoisotopic (exact) mass is 449 g/mol. The van der Waals surface area contributed by atoms with Crippen LogP contribution in [-0.4, -0.2) is 27.2 Å². The van der Waals surface area contributed by atoms with Crippen molar-refractivity contribution in [3.05, 3.63) is 82.3 Å². The first-order valence-corrected chi connectivity index (χ1v) is 9.90. The summed E-state index contributed by atoms with van der Waals surface area (Å²) in [7, 11) is 4.33. The molecule has 3 aromatic carbocycles. The van der Waals surface area contributed by atoms with Crippen molar-refractivity contribution in [1.29, 1.82) is 0 Å². The number of carbonyl (C=O) groups is 1. The third-order valence-corrected chi connectivity index (χ3v) is 5.08. The Morgan fingerprint density at radius 3 is 2.15 bits per heavy atom. The highest BCUT2D eigenvalue weighted by Crippen LogP contribution is 2.38. The Hall–Kier alpha value is -4.33. The van der Waals surface area contributed by atoms with Crippen molar-refractivity contribution in [2.24, 2.45) is 0 Å². The van der Waals surface area contributed by atoms with E-state index in [9.17, 15) is 14.0 Å². The minimum Gasteiger partial charge on any atom is -0.493 e. The predicted molar refractivity (Wildman–Crippen MR) is 122 cm³/mol. The molecule has 0 radical (unpaired) electrons. The Kier molecular flexibility index (Phi) is 5.99. The number of para-hydroxylation sites is 1. The molecule has 1 N–H and O–H groups in total. The lowest BCUT2D eigenvalue weighted by Crippen LogP contribution is -2.17. The second-order valence-corrected chi connectivity index (χ2v) is 7.01. The molecular weight excluding hydrogens is 429 g/mol. The molecule has 0 spiro atoms. The van der Waals surface area contributed by atoms with Gasteiger partial charge in [-0.1, -0.05) is 24.3 Å². The van der Waals surface area contributed by atoms with Crippen LogP contribution in [0.3, 0.4) is 0 Å². The summed E-state index contributed by atoms with van der Waals surface area (Å²) in [4.78, 5) is 26.4. The van der Waals surface area contributed by atoms with Gasteiger partial charge in [0.05, 0.1) is 32.3 Å². The molecule has 0 unspecified atom stereocenters. The Labute approximate surface area is 188 Å². The Morgan fingerprint density at radius 2 is 1.55 bits per heavy atom. The first kappa shape index (κ1) is 21.9. The highest BCUT2D eigenvalue weighted by molar-refractivity contribution is 6.06. The molecule has 0 saturated carbocycles. The van der Waals surface area contributed by atoms with Crippen LogP contribution in [0.25, 0.3) is 22.1 Å². The number of carbonyl (C=O) groups excluding carboxylic acids is 1. The van der Waals surface area contributed by atoms with Gasteiger partial charge in [-0.2, -0.15) is 0 Å². The molecule has 4 aromatic rings. The number of hydrogen-bond acceptors (Lipinski definition) is 6. The Morgan fingerprint density at radius 1 is 0.909 bits per heavy atom. The highest BCUT2D eigenvalue weighted by atomic mass is 19.1. The third kappa shape index (κ3) is 4.10. The lowest BCUT2D eigenvalue weighted by molar-refractivity contribution is 0.102. The molecule has 0 aliphatic rings. The zero-order chi connectivity index (χ0) is 23.5. The summed E-state index contributed by atoms with van der Waals surface area (Å²) >= 11 is 0. The molecule has 0 fully saturated rings. The van der Waals surface area contributed by atoms with Crippen LogP contribution in [0.2, 0.25) is 0 Å². The molecule has 168 valence electrons. The summed E-state index contributed by atoms with van der Waals surface area (Å²) in [6.07, 6.45) is 0. The van der Waals surface area contributed by atoms with Gasteiger partial charge in [0.1, 0.15) is 11.4 Å². The highest BCUT2D eigenvalue weighted by Gasteiger charge is 2.21. The lowest BCUT2D eigenvalue weighted by atomic mass is 10.0. The zero-order valence-corrected chi connectivity index (χ0v) is 18.1. The van der Waals surface area contributed by atoms with Gasteiger partial charge in [0.2, 0.25) is 17.1 Å². The number of benzene rings is 3. The molecule has 4 rings (SSSR count). The number of rotatable bonds is 6. The van der Waals surface area contributed by atoms with Crippen LogP contribution in [0.4, 0.5) is 10.3 Å². The van der Waals surface area contributed by atoms with Gasteiger partial charge in [0.25, 0.3) is 5.91 Å². The van der Waals surface area contributed by atoms with Gasteiger partial charge in [-0.05, 0) is 42.0 Å². The fourth-order valence-corrected chi connectivity index (χ4v) is 3.50. The maximum absolute atomic E-state index is 13.5. The van der Waals surface area contributed by atoms with E-state index in [2.05, 4.69) is 5.32 Å². The van der Waals surface area contributed by atoms with E-state index < -0.39 is 11.7 Å². The van der Waals surface area contributed by atoms with E-state index in [0.29, 0.717) is 33.8 Å². The molecule has 0 bridgehead atoms. The number of anilines is 1. The first-order chi connectivity index (χ1) is 16.0. The van der Waals surface area contributed by atoms with Gasteiger partial charge < -0.3 is 18.6 Å². The van der Waals surface area contributed by atoms with Crippen LogP contribution in [-0.2, 0) is 0 Å². The maximum atomic E-state index is 13.5. The van der Waals surface area contributed by atoms with Crippen LogP contribution < -0.4 is 25.0 Å². The van der Waals surface area contributed by atoms with Crippen molar-refractivity contribution < 1.29 is 27.8 Å². The largest absolute Gasteiger partial charge is 0.493 e. The topological polar surface area (TPSA) is 87.0 Å². The molecule has 0 aliphatic carbocycles. The van der Waals surface area contributed by atoms with Crippen LogP contribution in [0.1, 0.15) is 10.4 Å². The van der Waals surface area contributed by atoms with Crippen molar-refractivity contribution in [3.63, 3.8) is 0 Å². The number of hydrogen-bond donors (Lipinski definition) is 1. The Bertz CT molecular complexity index is 1370. The van der Waals surface area contributed by atoms with Gasteiger partial charge in [0.15, 0.2) is 11.5 Å². The maximum Gasteiger partial charge on any atom is 0.258 e. The van der Waals surface area contributed by atoms with Crippen LogP contribution >= 0.6 is 0 Å². The number of amides is 1. The van der Waals surface area contributed by atoms with E-state index >= 15 is 0 Å². The second kappa shape index (κ2) is 9.04. The van der Waals surface area contributed by atoms with Gasteiger partial charge in [-0.3, -0.25) is 14.9 Å². The van der Waals surface area contributed by atoms with Crippen molar-refractivity contribution in [2.75, 3.05) is 26.6 Å². The molecule has 0 aliphatic heterocycles. The number of methoxy groups -OCH3 is 3. The number of halogens is 1. The average Bonchev–Trinajstić information content (AvgIpc) is 2.84. The summed E-state index contributed by atoms with van der Waals surface area (Å²) in [6.45, 7) is 0. The molecule has 1 amide bonds. The quantitative estimate of drug-likeness (QED) is 0.452. The van der Waals surface area contributed by atoms with E-state index in [1.54, 1.807) is 24.3 Å². The molecule has 7 nitrogen and oxygen atoms in total. The summed E-state index contributed by atoms with van der Waals surface area (Å²) in [5, 5.41) is 3.00. The molecule has 33 heavy (non-hydrogen) atoms. The second-order valence-electron chi connectivity index (χ2n) is 7.01. The Balaban J connectivity index is 1.85. The normalized spacial score (nSPS) is 10.7. The van der Waals surface area contributed by atoms with Gasteiger partial charge >= 0.3 is 0 Å². The van der Waals surface area contributed by atoms with E-state index in [4.69, 9.17) is 18.6 Å². The molecule has 0 saturated heterocycles. The third-order valence-electron chi connectivity index (χ3n) is 5.08. The van der Waals surface area contributed by atoms with Crippen LogP contribution in [0.5, 0.6) is 17.2 Å². The first-order valence-electron chi connectivity index (χ1n) is 9.90. The van der Waals surface area contributed by atoms with E-state index in [-0.39, 0.29) is 22.4 Å². The van der Waals surface area contributed by atoms with E-state index in [1.807, 2.05) is 0 Å². The number of nitrogens with one attached hydrogen (secondary N) is 1. The number of fused-ring (bicyclic) bond motifs is 1. The average molecular weight is 449 g/mol. The van der Waals surface area contributed by atoms with Crippen molar-refractivity contribution in [1.82, 2.24) is 0 Å². The molecule has 1 aromatic heterocycles. The van der Waals surface area contributed by atoms with Crippen molar-refractivity contribution in [2.45, 2.75) is 0 Å². The molecule has 0 atom stereocenters. The molecule has 8 heteroatoms. The molecular formula is C25H20FNO6. The summed E-state index contributed by atoms with van der Waals surface area (Å²) in [5.74, 6) is -0.172. The van der Waals surface area contributed by atoms with Gasteiger partial charge in [-0.15, -0.1) is 0 Å². The van der Waals surface area contributed by atoms with Crippen LogP contribution in [0, 0.1) is 5.82 Å². The van der Waals surface area contributed by atoms with Crippen molar-refractivity contribution >= 4 is 22.8 Å². The predicted octanol–water partition coefficient (Wildman–Crippen LogP) is 4.88. The minimum absolute atomic E-state index is 0.0657. The van der Waals surface area contributed by atoms with Gasteiger partial charge in [-0.25, -0.2) is 4.39 Å². The van der Waals surface area contributed by atoms with Gasteiger partial charge in [0, 0.05) is 5.56 Å². The fourth-order valence-electron chi connectivity index (χ4n) is 3.50. The SMILES string of the molecule is COc1cc(C(=O)Nc2oc3ccccc3c(=O)c2-c2ccc(F)cc2)cc(OC)c1OC.